The molecule has 1 atom stereocenters. The Morgan fingerprint density at radius 2 is 1.73 bits per heavy atom. The molecule has 15 heavy (non-hydrogen) atoms. The highest BCUT2D eigenvalue weighted by atomic mass is 28.4. The Morgan fingerprint density at radius 3 is 2.20 bits per heavy atom. The molecule has 92 valence electrons. The van der Waals surface area contributed by atoms with Crippen molar-refractivity contribution in [2.24, 2.45) is 11.5 Å². The van der Waals surface area contributed by atoms with E-state index in [-0.39, 0.29) is 6.17 Å². The number of hydrogen-bond acceptors (Lipinski definition) is 3. The van der Waals surface area contributed by atoms with Crippen LogP contribution in [0.3, 0.4) is 0 Å². The molecule has 0 spiro atoms. The van der Waals surface area contributed by atoms with Crippen molar-refractivity contribution >= 4 is 17.4 Å². The molecular formula is C10H28N2OSi2. The van der Waals surface area contributed by atoms with Crippen LogP contribution >= 0.6 is 0 Å². The van der Waals surface area contributed by atoms with E-state index in [0.717, 1.165) is 12.8 Å². The molecule has 0 heterocycles. The first-order valence-corrected chi connectivity index (χ1v) is 11.9. The van der Waals surface area contributed by atoms with E-state index < -0.39 is 17.4 Å². The van der Waals surface area contributed by atoms with E-state index in [2.05, 4.69) is 26.2 Å². The van der Waals surface area contributed by atoms with Crippen molar-refractivity contribution in [3.05, 3.63) is 0 Å². The first-order chi connectivity index (χ1) is 6.81. The molecule has 0 fully saturated rings. The summed E-state index contributed by atoms with van der Waals surface area (Å²) >= 11 is 0. The van der Waals surface area contributed by atoms with Gasteiger partial charge < -0.3 is 15.6 Å². The quantitative estimate of drug-likeness (QED) is 0.392. The summed E-state index contributed by atoms with van der Waals surface area (Å²) in [6, 6.07) is 1.30. The van der Waals surface area contributed by atoms with Crippen molar-refractivity contribution in [1.29, 1.82) is 0 Å². The zero-order valence-electron chi connectivity index (χ0n) is 10.8. The first-order valence-electron chi connectivity index (χ1n) is 6.00. The van der Waals surface area contributed by atoms with E-state index in [9.17, 15) is 0 Å². The first kappa shape index (κ1) is 15.3. The van der Waals surface area contributed by atoms with Gasteiger partial charge in [-0.05, 0) is 38.7 Å². The zero-order valence-corrected chi connectivity index (χ0v) is 12.9. The molecule has 4 N–H and O–H groups in total. The maximum absolute atomic E-state index is 6.09. The Hall–Kier alpha value is 0.314. The van der Waals surface area contributed by atoms with Gasteiger partial charge in [-0.3, -0.25) is 0 Å². The monoisotopic (exact) mass is 248 g/mol. The minimum Gasteiger partial charge on any atom is -0.458 e. The molecule has 0 aliphatic heterocycles. The summed E-state index contributed by atoms with van der Waals surface area (Å²) in [7, 11) is -2.18. The van der Waals surface area contributed by atoms with E-state index in [1.807, 2.05) is 0 Å². The van der Waals surface area contributed by atoms with Gasteiger partial charge in [-0.25, -0.2) is 0 Å². The van der Waals surface area contributed by atoms with Crippen LogP contribution in [0.15, 0.2) is 0 Å². The fourth-order valence-corrected chi connectivity index (χ4v) is 7.81. The fourth-order valence-electron chi connectivity index (χ4n) is 1.65. The number of hydrogen-bond donors (Lipinski definition) is 2. The van der Waals surface area contributed by atoms with Gasteiger partial charge in [0.1, 0.15) is 0 Å². The molecule has 0 aromatic carbocycles. The molecule has 0 amide bonds. The van der Waals surface area contributed by atoms with Gasteiger partial charge in [-0.1, -0.05) is 19.3 Å². The van der Waals surface area contributed by atoms with Crippen molar-refractivity contribution < 1.29 is 4.12 Å². The molecule has 0 bridgehead atoms. The standard InChI is InChI=1S/C10H28N2OSi2/c1-14(13-15(2,3)4)9-7-5-6-8-10(11)12/h10,14H,5-9,11-12H2,1-4H3. The Labute approximate surface area is 97.4 Å². The van der Waals surface area contributed by atoms with Gasteiger partial charge in [0.15, 0.2) is 17.4 Å². The third kappa shape index (κ3) is 12.2. The van der Waals surface area contributed by atoms with Crippen LogP contribution in [0.5, 0.6) is 0 Å². The van der Waals surface area contributed by atoms with Crippen LogP contribution in [0.1, 0.15) is 25.7 Å². The minimum absolute atomic E-state index is 0.127. The van der Waals surface area contributed by atoms with Gasteiger partial charge in [-0.2, -0.15) is 0 Å². The van der Waals surface area contributed by atoms with Crippen LogP contribution in [0, 0.1) is 0 Å². The Bertz CT molecular complexity index is 160. The molecule has 1 unspecified atom stereocenters. The minimum atomic E-state index is -1.28. The van der Waals surface area contributed by atoms with Gasteiger partial charge in [0, 0.05) is 0 Å². The second-order valence-electron chi connectivity index (χ2n) is 5.34. The summed E-state index contributed by atoms with van der Waals surface area (Å²) in [5.41, 5.74) is 11.0. The third-order valence-corrected chi connectivity index (χ3v) is 7.86. The van der Waals surface area contributed by atoms with Gasteiger partial charge >= 0.3 is 0 Å². The normalized spacial score (nSPS) is 14.6. The van der Waals surface area contributed by atoms with Gasteiger partial charge in [0.2, 0.25) is 0 Å². The summed E-state index contributed by atoms with van der Waals surface area (Å²) < 4.78 is 6.09. The fraction of sp³-hybridized carbons (Fsp3) is 1.00. The number of unbranched alkanes of at least 4 members (excludes halogenated alkanes) is 2. The molecule has 0 aliphatic rings. The van der Waals surface area contributed by atoms with Gasteiger partial charge in [0.05, 0.1) is 6.17 Å². The molecule has 0 aromatic heterocycles. The molecule has 3 nitrogen and oxygen atoms in total. The van der Waals surface area contributed by atoms with E-state index in [0.29, 0.717) is 0 Å². The lowest BCUT2D eigenvalue weighted by molar-refractivity contribution is 0.549. The Kier molecular flexibility index (Phi) is 7.72. The summed E-state index contributed by atoms with van der Waals surface area (Å²) in [5, 5.41) is 0. The second-order valence-corrected chi connectivity index (χ2v) is 12.7. The molecule has 0 saturated heterocycles. The van der Waals surface area contributed by atoms with Gasteiger partial charge in [0.25, 0.3) is 0 Å². The van der Waals surface area contributed by atoms with Crippen molar-refractivity contribution in [3.8, 4) is 0 Å². The lowest BCUT2D eigenvalue weighted by Gasteiger charge is -2.22. The van der Waals surface area contributed by atoms with Crippen LogP contribution < -0.4 is 11.5 Å². The highest BCUT2D eigenvalue weighted by Gasteiger charge is 2.18. The summed E-state index contributed by atoms with van der Waals surface area (Å²) in [6.45, 7) is 9.12. The molecule has 0 radical (unpaired) electrons. The van der Waals surface area contributed by atoms with E-state index >= 15 is 0 Å². The number of nitrogens with two attached hydrogens (primary N) is 2. The van der Waals surface area contributed by atoms with Crippen LogP contribution in [-0.4, -0.2) is 23.5 Å². The molecule has 0 rings (SSSR count). The van der Waals surface area contributed by atoms with E-state index in [1.165, 1.54) is 18.9 Å². The molecule has 0 saturated carbocycles. The van der Waals surface area contributed by atoms with Crippen LogP contribution in [0.25, 0.3) is 0 Å². The van der Waals surface area contributed by atoms with Crippen LogP contribution in [0.2, 0.25) is 32.2 Å². The SMILES string of the molecule is C[SiH](CCCCCC(N)N)O[Si](C)(C)C. The maximum atomic E-state index is 6.09. The topological polar surface area (TPSA) is 61.3 Å². The molecule has 5 heteroatoms. The highest BCUT2D eigenvalue weighted by molar-refractivity contribution is 6.77. The summed E-state index contributed by atoms with van der Waals surface area (Å²) in [4.78, 5) is 0. The lowest BCUT2D eigenvalue weighted by Crippen LogP contribution is -2.32. The smallest absolute Gasteiger partial charge is 0.170 e. The van der Waals surface area contributed by atoms with Crippen molar-refractivity contribution in [1.82, 2.24) is 0 Å². The second kappa shape index (κ2) is 7.56. The third-order valence-electron chi connectivity index (χ3n) is 2.20. The average molecular weight is 249 g/mol. The van der Waals surface area contributed by atoms with Crippen LogP contribution in [-0.2, 0) is 4.12 Å². The Balaban J connectivity index is 3.36. The van der Waals surface area contributed by atoms with Crippen molar-refractivity contribution in [3.63, 3.8) is 0 Å². The average Bonchev–Trinajstić information content (AvgIpc) is 1.99. The van der Waals surface area contributed by atoms with E-state index in [1.54, 1.807) is 0 Å². The largest absolute Gasteiger partial charge is 0.458 e. The molecule has 0 aromatic rings. The van der Waals surface area contributed by atoms with Crippen molar-refractivity contribution in [2.75, 3.05) is 0 Å². The lowest BCUT2D eigenvalue weighted by atomic mass is 10.2. The highest BCUT2D eigenvalue weighted by Crippen LogP contribution is 2.12. The van der Waals surface area contributed by atoms with Gasteiger partial charge in [-0.15, -0.1) is 0 Å². The molecular weight excluding hydrogens is 220 g/mol. The summed E-state index contributed by atoms with van der Waals surface area (Å²) in [6.07, 6.45) is 4.51. The predicted octanol–water partition coefficient (Wildman–Crippen LogP) is 2.00. The van der Waals surface area contributed by atoms with E-state index in [4.69, 9.17) is 15.6 Å². The summed E-state index contributed by atoms with van der Waals surface area (Å²) in [5.74, 6) is 0. The molecule has 0 aliphatic carbocycles. The van der Waals surface area contributed by atoms with Crippen LogP contribution in [0.4, 0.5) is 0 Å². The Morgan fingerprint density at radius 1 is 1.13 bits per heavy atom. The predicted molar refractivity (Wildman–Crippen MR) is 72.9 cm³/mol. The zero-order chi connectivity index (χ0) is 11.9. The number of rotatable bonds is 8. The van der Waals surface area contributed by atoms with Crippen molar-refractivity contribution in [2.45, 2.75) is 64.1 Å². The maximum Gasteiger partial charge on any atom is 0.170 e.